The lowest BCUT2D eigenvalue weighted by Crippen LogP contribution is -2.54. The Bertz CT molecular complexity index is 2490. The molecule has 2 aliphatic carbocycles. The summed E-state index contributed by atoms with van der Waals surface area (Å²) in [7, 11) is 2.61. The Morgan fingerprint density at radius 1 is 0.783 bits per heavy atom. The minimum Gasteiger partial charge on any atom is -0.453 e. The molecule has 5 aromatic rings. The number of benzene rings is 3. The predicted molar refractivity (Wildman–Crippen MR) is 226 cm³/mol. The number of carbonyl (C=O) groups excluding carboxylic acids is 4. The zero-order valence-electron chi connectivity index (χ0n) is 35.2. The van der Waals surface area contributed by atoms with Gasteiger partial charge < -0.3 is 39.9 Å². The fourth-order valence-corrected chi connectivity index (χ4v) is 10.3. The number of nitrogens with one attached hydrogen (secondary N) is 4. The quantitative estimate of drug-likeness (QED) is 0.111. The van der Waals surface area contributed by atoms with E-state index in [1.54, 1.807) is 0 Å². The van der Waals surface area contributed by atoms with Crippen LogP contribution in [0.15, 0.2) is 60.8 Å². The monoisotopic (exact) mass is 814 g/mol. The summed E-state index contributed by atoms with van der Waals surface area (Å²) in [5, 5.41) is 7.61. The average molecular weight is 815 g/mol. The number of alkyl carbamates (subject to hydrolysis) is 2. The third-order valence-corrected chi connectivity index (χ3v) is 13.7. The Morgan fingerprint density at radius 2 is 1.43 bits per heavy atom. The van der Waals surface area contributed by atoms with Crippen molar-refractivity contribution in [2.45, 2.75) is 103 Å². The van der Waals surface area contributed by atoms with Gasteiger partial charge in [-0.1, -0.05) is 77.1 Å². The smallest absolute Gasteiger partial charge is 0.407 e. The van der Waals surface area contributed by atoms with Gasteiger partial charge >= 0.3 is 12.2 Å². The highest BCUT2D eigenvalue weighted by Crippen LogP contribution is 2.63. The summed E-state index contributed by atoms with van der Waals surface area (Å²) in [6.45, 7) is 9.94. The Morgan fingerprint density at radius 3 is 2.10 bits per heavy atom. The minimum absolute atomic E-state index is 0.0263. The number of ether oxygens (including phenoxy) is 2. The number of hydrogen-bond acceptors (Lipinski definition) is 8. The second-order valence-corrected chi connectivity index (χ2v) is 18.3. The average Bonchev–Trinajstić information content (AvgIpc) is 3.93. The van der Waals surface area contributed by atoms with Crippen molar-refractivity contribution in [3.05, 3.63) is 72.4 Å². The van der Waals surface area contributed by atoms with Gasteiger partial charge in [0.2, 0.25) is 11.8 Å². The Balaban J connectivity index is 0.938. The molecule has 2 aliphatic heterocycles. The van der Waals surface area contributed by atoms with E-state index in [1.165, 1.54) is 14.2 Å². The van der Waals surface area contributed by atoms with Crippen molar-refractivity contribution >= 4 is 45.8 Å². The van der Waals surface area contributed by atoms with E-state index in [0.29, 0.717) is 5.92 Å². The fraction of sp³-hybridized carbons (Fsp3) is 0.478. The van der Waals surface area contributed by atoms with Crippen LogP contribution in [0.2, 0.25) is 0 Å². The number of piperidine rings is 2. The number of imidazole rings is 2. The third kappa shape index (κ3) is 6.73. The number of amides is 4. The summed E-state index contributed by atoms with van der Waals surface area (Å²) in [5.74, 6) is 1.42. The number of aromatic amines is 2. The van der Waals surface area contributed by atoms with Gasteiger partial charge in [0.1, 0.15) is 23.7 Å². The summed E-state index contributed by atoms with van der Waals surface area (Å²) in [4.78, 5) is 73.3. The zero-order chi connectivity index (χ0) is 42.2. The van der Waals surface area contributed by atoms with E-state index in [9.17, 15) is 19.2 Å². The SMILES string of the molecule is COC(=O)N[C@H](C(=O)N1[C@@H]2CC[C@@H](C2)[C@H]1c1ncc(-c2ccc(-c3ccc4c(ccc5[nH]c([C@@H]6CC7(C)C[C@@H]7N6C(=O)[C@@H](NC(=O)OC)C(C)C)nc54)c3)cc2)[nH]1)C(C)C. The van der Waals surface area contributed by atoms with E-state index in [2.05, 4.69) is 82.1 Å². The molecule has 9 rings (SSSR count). The van der Waals surface area contributed by atoms with Crippen LogP contribution in [0.3, 0.4) is 0 Å². The molecular weight excluding hydrogens is 761 g/mol. The van der Waals surface area contributed by atoms with Crippen LogP contribution in [0.25, 0.3) is 44.2 Å². The van der Waals surface area contributed by atoms with Gasteiger partial charge in [-0.05, 0) is 89.5 Å². The highest BCUT2D eigenvalue weighted by Gasteiger charge is 2.64. The number of fused-ring (bicyclic) bond motifs is 6. The number of likely N-dealkylation sites (tertiary alicyclic amines) is 2. The molecule has 0 spiro atoms. The van der Waals surface area contributed by atoms with Gasteiger partial charge in [-0.3, -0.25) is 9.59 Å². The first-order valence-corrected chi connectivity index (χ1v) is 21.2. The fourth-order valence-electron chi connectivity index (χ4n) is 10.3. The Labute approximate surface area is 349 Å². The first kappa shape index (κ1) is 39.5. The molecule has 60 heavy (non-hydrogen) atoms. The van der Waals surface area contributed by atoms with E-state index in [0.717, 1.165) is 87.9 Å². The lowest BCUT2D eigenvalue weighted by Gasteiger charge is -2.37. The maximum atomic E-state index is 14.1. The third-order valence-electron chi connectivity index (χ3n) is 13.7. The number of carbonyl (C=O) groups is 4. The summed E-state index contributed by atoms with van der Waals surface area (Å²) in [5.41, 5.74) is 5.81. The van der Waals surface area contributed by atoms with Gasteiger partial charge in [0.05, 0.1) is 49.2 Å². The van der Waals surface area contributed by atoms with Crippen molar-refractivity contribution in [1.29, 1.82) is 0 Å². The number of H-pyrrole nitrogens is 2. The second kappa shape index (κ2) is 15.0. The van der Waals surface area contributed by atoms with Gasteiger partial charge in [0, 0.05) is 17.5 Å². The largest absolute Gasteiger partial charge is 0.453 e. The van der Waals surface area contributed by atoms with E-state index in [1.807, 2.05) is 43.7 Å². The van der Waals surface area contributed by atoms with Crippen LogP contribution < -0.4 is 10.6 Å². The van der Waals surface area contributed by atoms with Gasteiger partial charge in [-0.2, -0.15) is 0 Å². The lowest BCUT2D eigenvalue weighted by molar-refractivity contribution is -0.139. The predicted octanol–water partition coefficient (Wildman–Crippen LogP) is 7.64. The number of aromatic nitrogens is 4. The zero-order valence-corrected chi connectivity index (χ0v) is 35.2. The van der Waals surface area contributed by atoms with Crippen molar-refractivity contribution in [2.24, 2.45) is 23.2 Å². The van der Waals surface area contributed by atoms with Crippen LogP contribution in [0.1, 0.15) is 90.5 Å². The number of hydrogen-bond donors (Lipinski definition) is 4. The molecular formula is C46H54N8O6. The summed E-state index contributed by atoms with van der Waals surface area (Å²) in [6.07, 6.45) is 5.28. The van der Waals surface area contributed by atoms with Crippen molar-refractivity contribution in [3.63, 3.8) is 0 Å². The van der Waals surface area contributed by atoms with Crippen molar-refractivity contribution in [3.8, 4) is 22.4 Å². The van der Waals surface area contributed by atoms with E-state index >= 15 is 0 Å². The van der Waals surface area contributed by atoms with Crippen LogP contribution in [0, 0.1) is 23.2 Å². The standard InChI is InChI=1S/C46H54N8O6/c1-23(2)36(51-44(57)59-6)42(55)53-30-15-12-29(19-30)39(53)41-47-22-33(49-41)26-10-8-25(9-11-26)27-13-16-31-28(18-27)14-17-32-38(31)50-40(48-32)34-20-46(5)21-35(46)54(34)43(56)37(24(3)4)52-45(58)60-7/h8-11,13-14,16-18,22-24,29-30,34-37,39H,12,15,19-21H2,1-7H3,(H,47,49)(H,48,50)(H,51,57)(H,52,58)/t29-,30+,34-,35-,36-,37-,39-,46?/m0/s1. The van der Waals surface area contributed by atoms with Crippen LogP contribution in [0.5, 0.6) is 0 Å². The van der Waals surface area contributed by atoms with Crippen LogP contribution >= 0.6 is 0 Å². The Kier molecular flexibility index (Phi) is 9.86. The van der Waals surface area contributed by atoms with Crippen LogP contribution in [-0.2, 0) is 19.1 Å². The summed E-state index contributed by atoms with van der Waals surface area (Å²) in [6, 6.07) is 17.4. The van der Waals surface area contributed by atoms with E-state index in [4.69, 9.17) is 19.4 Å². The van der Waals surface area contributed by atoms with Gasteiger partial charge in [-0.15, -0.1) is 0 Å². The molecule has 14 nitrogen and oxygen atoms in total. The number of methoxy groups -OCH3 is 2. The maximum absolute atomic E-state index is 14.1. The van der Waals surface area contributed by atoms with Crippen LogP contribution in [-0.4, -0.2) is 92.1 Å². The molecule has 2 aromatic heterocycles. The molecule has 4 amide bonds. The number of rotatable bonds is 10. The molecule has 4 N–H and O–H groups in total. The van der Waals surface area contributed by atoms with Crippen LogP contribution in [0.4, 0.5) is 9.59 Å². The molecule has 14 heteroatoms. The molecule has 4 fully saturated rings. The lowest BCUT2D eigenvalue weighted by atomic mass is 9.95. The topological polar surface area (TPSA) is 175 Å². The van der Waals surface area contributed by atoms with Crippen molar-refractivity contribution in [2.75, 3.05) is 14.2 Å². The first-order chi connectivity index (χ1) is 28.8. The molecule has 0 radical (unpaired) electrons. The minimum atomic E-state index is -0.699. The van der Waals surface area contributed by atoms with Gasteiger partial charge in [-0.25, -0.2) is 19.6 Å². The molecule has 314 valence electrons. The summed E-state index contributed by atoms with van der Waals surface area (Å²) >= 11 is 0. The molecule has 4 aliphatic rings. The van der Waals surface area contributed by atoms with E-state index in [-0.39, 0.29) is 53.2 Å². The van der Waals surface area contributed by atoms with Gasteiger partial charge in [0.25, 0.3) is 0 Å². The van der Waals surface area contributed by atoms with E-state index < -0.39 is 24.3 Å². The van der Waals surface area contributed by atoms with Crippen molar-refractivity contribution in [1.82, 2.24) is 40.4 Å². The molecule has 8 atom stereocenters. The van der Waals surface area contributed by atoms with Crippen molar-refractivity contribution < 1.29 is 28.7 Å². The summed E-state index contributed by atoms with van der Waals surface area (Å²) < 4.78 is 9.67. The molecule has 4 heterocycles. The van der Waals surface area contributed by atoms with Gasteiger partial charge in [0.15, 0.2) is 0 Å². The second-order valence-electron chi connectivity index (χ2n) is 18.3. The molecule has 3 aromatic carbocycles. The Hall–Kier alpha value is -5.92. The highest BCUT2D eigenvalue weighted by atomic mass is 16.5. The normalized spacial score (nSPS) is 25.2. The maximum Gasteiger partial charge on any atom is 0.407 e. The molecule has 2 bridgehead atoms. The highest BCUT2D eigenvalue weighted by molar-refractivity contribution is 6.05. The first-order valence-electron chi connectivity index (χ1n) is 21.2. The number of nitrogens with zero attached hydrogens (tertiary/aromatic N) is 4. The molecule has 2 saturated carbocycles. The molecule has 2 saturated heterocycles. The molecule has 1 unspecified atom stereocenters.